The number of nitrogens with one attached hydrogen (secondary N) is 2. The zero-order valence-corrected chi connectivity index (χ0v) is 10.4. The number of aromatic nitrogens is 2. The molecule has 0 unspecified atom stereocenters. The van der Waals surface area contributed by atoms with Gasteiger partial charge < -0.3 is 10.6 Å². The summed E-state index contributed by atoms with van der Waals surface area (Å²) in [6, 6.07) is 7.68. The molecule has 1 aromatic carbocycles. The van der Waals surface area contributed by atoms with Crippen molar-refractivity contribution in [3.8, 4) is 0 Å². The SMILES string of the molecule is O=C(Nc1ccc2c(c1)CNCC2)c1ccnnc1. The predicted octanol–water partition coefficient (Wildman–Crippen LogP) is 1.37. The molecule has 0 aliphatic carbocycles. The summed E-state index contributed by atoms with van der Waals surface area (Å²) in [5, 5.41) is 13.5. The van der Waals surface area contributed by atoms with E-state index in [1.54, 1.807) is 6.07 Å². The third kappa shape index (κ3) is 2.61. The van der Waals surface area contributed by atoms with Crippen LogP contribution in [-0.2, 0) is 13.0 Å². The lowest BCUT2D eigenvalue weighted by Gasteiger charge is -2.18. The molecule has 0 saturated carbocycles. The van der Waals surface area contributed by atoms with E-state index in [9.17, 15) is 4.79 Å². The van der Waals surface area contributed by atoms with E-state index in [0.717, 1.165) is 25.2 Å². The van der Waals surface area contributed by atoms with Gasteiger partial charge in [0.25, 0.3) is 5.91 Å². The van der Waals surface area contributed by atoms with Gasteiger partial charge in [-0.25, -0.2) is 0 Å². The molecule has 0 atom stereocenters. The summed E-state index contributed by atoms with van der Waals surface area (Å²) in [6.07, 6.45) is 4.00. The second kappa shape index (κ2) is 5.16. The van der Waals surface area contributed by atoms with E-state index in [4.69, 9.17) is 0 Å². The van der Waals surface area contributed by atoms with Crippen molar-refractivity contribution in [2.24, 2.45) is 0 Å². The summed E-state index contributed by atoms with van der Waals surface area (Å²) in [5.74, 6) is -0.168. The van der Waals surface area contributed by atoms with Gasteiger partial charge >= 0.3 is 0 Å². The van der Waals surface area contributed by atoms with Gasteiger partial charge in [0.15, 0.2) is 0 Å². The molecule has 1 amide bonds. The standard InChI is InChI=1S/C14H14N4O/c19-14(11-4-6-16-17-9-11)18-13-2-1-10-3-5-15-8-12(10)7-13/h1-2,4,6-7,9,15H,3,5,8H2,(H,18,19). The number of rotatable bonds is 2. The van der Waals surface area contributed by atoms with Gasteiger partial charge in [-0.1, -0.05) is 6.07 Å². The van der Waals surface area contributed by atoms with Crippen LogP contribution in [0.15, 0.2) is 36.7 Å². The highest BCUT2D eigenvalue weighted by Gasteiger charge is 2.11. The average molecular weight is 254 g/mol. The summed E-state index contributed by atoms with van der Waals surface area (Å²) in [7, 11) is 0. The van der Waals surface area contributed by atoms with Crippen LogP contribution < -0.4 is 10.6 Å². The number of anilines is 1. The molecule has 2 N–H and O–H groups in total. The van der Waals surface area contributed by atoms with Gasteiger partial charge in [0.1, 0.15) is 0 Å². The van der Waals surface area contributed by atoms with Gasteiger partial charge in [0.2, 0.25) is 0 Å². The number of hydrogen-bond acceptors (Lipinski definition) is 4. The minimum atomic E-state index is -0.168. The molecule has 1 aliphatic heterocycles. The first kappa shape index (κ1) is 11.8. The molecule has 96 valence electrons. The van der Waals surface area contributed by atoms with Crippen LogP contribution in [0.4, 0.5) is 5.69 Å². The van der Waals surface area contributed by atoms with Crippen molar-refractivity contribution in [1.82, 2.24) is 15.5 Å². The van der Waals surface area contributed by atoms with Crippen molar-refractivity contribution in [1.29, 1.82) is 0 Å². The lowest BCUT2D eigenvalue weighted by atomic mass is 10.0. The molecule has 2 aromatic rings. The fourth-order valence-corrected chi connectivity index (χ4v) is 2.19. The fraction of sp³-hybridized carbons (Fsp3) is 0.214. The molecule has 0 radical (unpaired) electrons. The number of carbonyl (C=O) groups is 1. The highest BCUT2D eigenvalue weighted by atomic mass is 16.1. The topological polar surface area (TPSA) is 66.9 Å². The molecular weight excluding hydrogens is 240 g/mol. The van der Waals surface area contributed by atoms with E-state index in [1.165, 1.54) is 23.5 Å². The van der Waals surface area contributed by atoms with Crippen molar-refractivity contribution < 1.29 is 4.79 Å². The predicted molar refractivity (Wildman–Crippen MR) is 71.8 cm³/mol. The van der Waals surface area contributed by atoms with Crippen LogP contribution in [-0.4, -0.2) is 22.6 Å². The second-order valence-corrected chi connectivity index (χ2v) is 4.50. The first-order valence-electron chi connectivity index (χ1n) is 6.23. The smallest absolute Gasteiger partial charge is 0.257 e. The van der Waals surface area contributed by atoms with Crippen molar-refractivity contribution >= 4 is 11.6 Å². The number of nitrogens with zero attached hydrogens (tertiary/aromatic N) is 2. The molecule has 1 aromatic heterocycles. The Morgan fingerprint density at radius 1 is 1.21 bits per heavy atom. The van der Waals surface area contributed by atoms with E-state index in [0.29, 0.717) is 5.56 Å². The third-order valence-corrected chi connectivity index (χ3v) is 3.20. The van der Waals surface area contributed by atoms with Crippen molar-refractivity contribution in [3.05, 3.63) is 53.3 Å². The third-order valence-electron chi connectivity index (χ3n) is 3.20. The molecule has 0 bridgehead atoms. The highest BCUT2D eigenvalue weighted by Crippen LogP contribution is 2.19. The average Bonchev–Trinajstić information content (AvgIpc) is 2.48. The number of carbonyl (C=O) groups excluding carboxylic acids is 1. The Hall–Kier alpha value is -2.27. The summed E-state index contributed by atoms with van der Waals surface area (Å²) < 4.78 is 0. The van der Waals surface area contributed by atoms with Crippen LogP contribution in [0.5, 0.6) is 0 Å². The number of amides is 1. The monoisotopic (exact) mass is 254 g/mol. The highest BCUT2D eigenvalue weighted by molar-refractivity contribution is 6.04. The van der Waals surface area contributed by atoms with Crippen LogP contribution in [0, 0.1) is 0 Å². The van der Waals surface area contributed by atoms with Gasteiger partial charge in [-0.2, -0.15) is 10.2 Å². The van der Waals surface area contributed by atoms with Crippen molar-refractivity contribution in [3.63, 3.8) is 0 Å². The maximum Gasteiger partial charge on any atom is 0.257 e. The van der Waals surface area contributed by atoms with Gasteiger partial charge in [-0.15, -0.1) is 0 Å². The maximum atomic E-state index is 12.0. The van der Waals surface area contributed by atoms with E-state index in [1.807, 2.05) is 12.1 Å². The van der Waals surface area contributed by atoms with Crippen molar-refractivity contribution in [2.45, 2.75) is 13.0 Å². The summed E-state index contributed by atoms with van der Waals surface area (Å²) >= 11 is 0. The second-order valence-electron chi connectivity index (χ2n) is 4.50. The first-order valence-corrected chi connectivity index (χ1v) is 6.23. The quantitative estimate of drug-likeness (QED) is 0.849. The largest absolute Gasteiger partial charge is 0.322 e. The molecule has 2 heterocycles. The molecule has 0 saturated heterocycles. The lowest BCUT2D eigenvalue weighted by molar-refractivity contribution is 0.102. The molecule has 3 rings (SSSR count). The molecule has 5 heteroatoms. The molecule has 19 heavy (non-hydrogen) atoms. The Balaban J connectivity index is 1.78. The van der Waals surface area contributed by atoms with Crippen molar-refractivity contribution in [2.75, 3.05) is 11.9 Å². The van der Waals surface area contributed by atoms with Gasteiger partial charge in [0.05, 0.1) is 18.0 Å². The number of fused-ring (bicyclic) bond motifs is 1. The van der Waals surface area contributed by atoms with E-state index < -0.39 is 0 Å². The summed E-state index contributed by atoms with van der Waals surface area (Å²) in [6.45, 7) is 1.87. The Labute approximate surface area is 111 Å². The normalized spacial score (nSPS) is 13.7. The van der Waals surface area contributed by atoms with Crippen LogP contribution in [0.3, 0.4) is 0 Å². The molecule has 5 nitrogen and oxygen atoms in total. The van der Waals surface area contributed by atoms with E-state index >= 15 is 0 Å². The summed E-state index contributed by atoms with van der Waals surface area (Å²) in [5.41, 5.74) is 3.91. The Kier molecular flexibility index (Phi) is 3.20. The summed E-state index contributed by atoms with van der Waals surface area (Å²) in [4.78, 5) is 12.0. The lowest BCUT2D eigenvalue weighted by Crippen LogP contribution is -2.23. The van der Waals surface area contributed by atoms with Crippen LogP contribution >= 0.6 is 0 Å². The van der Waals surface area contributed by atoms with Gasteiger partial charge in [-0.05, 0) is 42.3 Å². The zero-order valence-electron chi connectivity index (χ0n) is 10.4. The number of hydrogen-bond donors (Lipinski definition) is 2. The molecule has 0 spiro atoms. The van der Waals surface area contributed by atoms with Gasteiger partial charge in [0, 0.05) is 12.2 Å². The fourth-order valence-electron chi connectivity index (χ4n) is 2.19. The minimum absolute atomic E-state index is 0.168. The molecule has 1 aliphatic rings. The zero-order chi connectivity index (χ0) is 13.1. The molecule has 0 fully saturated rings. The minimum Gasteiger partial charge on any atom is -0.322 e. The first-order chi connectivity index (χ1) is 9.33. The van der Waals surface area contributed by atoms with Crippen LogP contribution in [0.2, 0.25) is 0 Å². The number of benzene rings is 1. The van der Waals surface area contributed by atoms with Crippen LogP contribution in [0.25, 0.3) is 0 Å². The Morgan fingerprint density at radius 3 is 3.00 bits per heavy atom. The van der Waals surface area contributed by atoms with E-state index in [2.05, 4.69) is 26.9 Å². The van der Waals surface area contributed by atoms with Crippen LogP contribution in [0.1, 0.15) is 21.5 Å². The molecular formula is C14H14N4O. The van der Waals surface area contributed by atoms with Gasteiger partial charge in [-0.3, -0.25) is 4.79 Å². The Morgan fingerprint density at radius 2 is 2.16 bits per heavy atom. The maximum absolute atomic E-state index is 12.0. The Bertz CT molecular complexity index is 598. The van der Waals surface area contributed by atoms with E-state index in [-0.39, 0.29) is 5.91 Å².